The van der Waals surface area contributed by atoms with Crippen molar-refractivity contribution in [3.63, 3.8) is 0 Å². The highest BCUT2D eigenvalue weighted by atomic mass is 16.5. The lowest BCUT2D eigenvalue weighted by molar-refractivity contribution is 0.311. The average Bonchev–Trinajstić information content (AvgIpc) is 3.20. The molecule has 1 aliphatic heterocycles. The highest BCUT2D eigenvalue weighted by molar-refractivity contribution is 5.48. The van der Waals surface area contributed by atoms with E-state index in [9.17, 15) is 0 Å². The fraction of sp³-hybridized carbons (Fsp3) is 0.500. The lowest BCUT2D eigenvalue weighted by atomic mass is 9.91. The maximum atomic E-state index is 5.62. The zero-order chi connectivity index (χ0) is 21.0. The van der Waals surface area contributed by atoms with E-state index < -0.39 is 0 Å². The monoisotopic (exact) mass is 405 g/mol. The van der Waals surface area contributed by atoms with E-state index in [1.54, 1.807) is 6.20 Å². The van der Waals surface area contributed by atoms with Crippen LogP contribution in [0.2, 0.25) is 0 Å². The molecule has 0 aromatic carbocycles. The van der Waals surface area contributed by atoms with Crippen LogP contribution in [-0.2, 0) is 12.8 Å². The van der Waals surface area contributed by atoms with Crippen LogP contribution in [0.1, 0.15) is 68.8 Å². The molecule has 3 aromatic heterocycles. The molecule has 1 saturated heterocycles. The first-order chi connectivity index (χ1) is 14.5. The van der Waals surface area contributed by atoms with E-state index in [1.807, 2.05) is 24.5 Å². The largest absolute Gasteiger partial charge is 0.356 e. The normalized spacial score (nSPS) is 15.9. The van der Waals surface area contributed by atoms with E-state index >= 15 is 0 Å². The minimum Gasteiger partial charge on any atom is -0.356 e. The summed E-state index contributed by atoms with van der Waals surface area (Å²) in [4.78, 5) is 16.3. The summed E-state index contributed by atoms with van der Waals surface area (Å²) in [5, 5.41) is 4.37. The van der Waals surface area contributed by atoms with Crippen LogP contribution in [0.15, 0.2) is 47.4 Å². The van der Waals surface area contributed by atoms with E-state index in [4.69, 9.17) is 14.5 Å². The molecule has 4 heterocycles. The number of pyridine rings is 2. The van der Waals surface area contributed by atoms with E-state index in [0.29, 0.717) is 5.89 Å². The predicted molar refractivity (Wildman–Crippen MR) is 118 cm³/mol. The van der Waals surface area contributed by atoms with Crippen LogP contribution in [-0.4, -0.2) is 33.2 Å². The summed E-state index contributed by atoms with van der Waals surface area (Å²) >= 11 is 0. The molecule has 0 spiro atoms. The Morgan fingerprint density at radius 3 is 2.60 bits per heavy atom. The van der Waals surface area contributed by atoms with Crippen LogP contribution in [0.5, 0.6) is 0 Å². The molecule has 0 saturated carbocycles. The van der Waals surface area contributed by atoms with Crippen LogP contribution < -0.4 is 4.90 Å². The van der Waals surface area contributed by atoms with Gasteiger partial charge in [0.15, 0.2) is 5.82 Å². The number of hydrogen-bond donors (Lipinski definition) is 0. The van der Waals surface area contributed by atoms with Gasteiger partial charge in [0.25, 0.3) is 0 Å². The summed E-state index contributed by atoms with van der Waals surface area (Å²) in [7, 11) is 0. The quantitative estimate of drug-likeness (QED) is 0.586. The number of rotatable bonds is 6. The second kappa shape index (κ2) is 8.94. The number of nitrogens with zero attached hydrogens (tertiary/aromatic N) is 5. The third-order valence-electron chi connectivity index (χ3n) is 5.51. The summed E-state index contributed by atoms with van der Waals surface area (Å²) in [6.45, 7) is 8.67. The Morgan fingerprint density at radius 2 is 1.87 bits per heavy atom. The van der Waals surface area contributed by atoms with Gasteiger partial charge in [0.2, 0.25) is 5.89 Å². The summed E-state index contributed by atoms with van der Waals surface area (Å²) < 4.78 is 5.62. The van der Waals surface area contributed by atoms with Gasteiger partial charge in [-0.2, -0.15) is 4.98 Å². The van der Waals surface area contributed by atoms with Crippen LogP contribution in [0.4, 0.5) is 5.82 Å². The Bertz CT molecular complexity index is 941. The third kappa shape index (κ3) is 5.04. The number of anilines is 1. The zero-order valence-electron chi connectivity index (χ0n) is 18.2. The maximum Gasteiger partial charge on any atom is 0.227 e. The Labute approximate surface area is 178 Å². The van der Waals surface area contributed by atoms with Gasteiger partial charge < -0.3 is 9.42 Å². The molecule has 0 aliphatic carbocycles. The molecule has 0 bridgehead atoms. The molecule has 158 valence electrons. The molecule has 0 N–H and O–H groups in total. The Hall–Kier alpha value is -2.76. The van der Waals surface area contributed by atoms with Gasteiger partial charge in [-0.15, -0.1) is 0 Å². The minimum absolute atomic E-state index is 0.0242. The van der Waals surface area contributed by atoms with Gasteiger partial charge >= 0.3 is 0 Å². The van der Waals surface area contributed by atoms with Gasteiger partial charge in [-0.25, -0.2) is 4.98 Å². The molecule has 1 fully saturated rings. The maximum absolute atomic E-state index is 5.62. The topological polar surface area (TPSA) is 67.9 Å². The lowest BCUT2D eigenvalue weighted by Crippen LogP contribution is -2.31. The second-order valence-corrected chi connectivity index (χ2v) is 9.36. The summed E-state index contributed by atoms with van der Waals surface area (Å²) in [5.74, 6) is 2.47. The molecule has 3 aromatic rings. The average molecular weight is 406 g/mol. The van der Waals surface area contributed by atoms with Crippen molar-refractivity contribution in [3.8, 4) is 0 Å². The van der Waals surface area contributed by atoms with Crippen molar-refractivity contribution in [1.29, 1.82) is 0 Å². The summed E-state index contributed by atoms with van der Waals surface area (Å²) in [6.07, 6.45) is 10.9. The molecule has 1 atom stereocenters. The van der Waals surface area contributed by atoms with Crippen molar-refractivity contribution >= 4 is 5.82 Å². The van der Waals surface area contributed by atoms with Crippen molar-refractivity contribution in [2.24, 2.45) is 5.41 Å². The Kier molecular flexibility index (Phi) is 6.11. The first-order valence-electron chi connectivity index (χ1n) is 10.9. The molecule has 6 heteroatoms. The van der Waals surface area contributed by atoms with Gasteiger partial charge in [-0.1, -0.05) is 38.1 Å². The smallest absolute Gasteiger partial charge is 0.227 e. The van der Waals surface area contributed by atoms with E-state index in [2.05, 4.69) is 47.9 Å². The van der Waals surface area contributed by atoms with Crippen LogP contribution >= 0.6 is 0 Å². The number of piperidine rings is 1. The van der Waals surface area contributed by atoms with Crippen LogP contribution in [0, 0.1) is 5.41 Å². The third-order valence-corrected chi connectivity index (χ3v) is 5.51. The fourth-order valence-corrected chi connectivity index (χ4v) is 4.08. The standard InChI is InChI=1S/C24H31N5O/c1-24(2,3)16-21-27-22(28-30-21)20(19-10-7-11-25-17-19)15-18-9-8-12-26-23(18)29-13-5-4-6-14-29/h7-12,17,20H,4-6,13-16H2,1-3H3. The minimum atomic E-state index is -0.0242. The van der Waals surface area contributed by atoms with Crippen molar-refractivity contribution in [2.45, 2.75) is 58.8 Å². The zero-order valence-corrected chi connectivity index (χ0v) is 18.2. The first-order valence-corrected chi connectivity index (χ1v) is 10.9. The van der Waals surface area contributed by atoms with Crippen molar-refractivity contribution < 1.29 is 4.52 Å². The van der Waals surface area contributed by atoms with E-state index in [0.717, 1.165) is 43.1 Å². The number of aromatic nitrogens is 4. The Balaban J connectivity index is 1.66. The predicted octanol–water partition coefficient (Wildman–Crippen LogP) is 4.81. The van der Waals surface area contributed by atoms with Crippen molar-refractivity contribution in [1.82, 2.24) is 20.1 Å². The van der Waals surface area contributed by atoms with Gasteiger partial charge in [0.05, 0.1) is 5.92 Å². The van der Waals surface area contributed by atoms with E-state index in [-0.39, 0.29) is 11.3 Å². The molecule has 0 amide bonds. The van der Waals surface area contributed by atoms with Gasteiger partial charge in [0.1, 0.15) is 5.82 Å². The molecule has 30 heavy (non-hydrogen) atoms. The van der Waals surface area contributed by atoms with Gasteiger partial charge in [0, 0.05) is 38.1 Å². The van der Waals surface area contributed by atoms with Crippen LogP contribution in [0.3, 0.4) is 0 Å². The Morgan fingerprint density at radius 1 is 1.07 bits per heavy atom. The highest BCUT2D eigenvalue weighted by Gasteiger charge is 2.25. The fourth-order valence-electron chi connectivity index (χ4n) is 4.08. The summed E-state index contributed by atoms with van der Waals surface area (Å²) in [5.41, 5.74) is 2.41. The molecule has 4 rings (SSSR count). The summed E-state index contributed by atoms with van der Waals surface area (Å²) in [6, 6.07) is 8.25. The highest BCUT2D eigenvalue weighted by Crippen LogP contribution is 2.31. The first kappa shape index (κ1) is 20.5. The molecular weight excluding hydrogens is 374 g/mol. The molecule has 1 unspecified atom stereocenters. The van der Waals surface area contributed by atoms with Crippen molar-refractivity contribution in [2.75, 3.05) is 18.0 Å². The molecule has 6 nitrogen and oxygen atoms in total. The van der Waals surface area contributed by atoms with Crippen molar-refractivity contribution in [3.05, 3.63) is 65.7 Å². The molecule has 0 radical (unpaired) electrons. The van der Waals surface area contributed by atoms with Gasteiger partial charge in [-0.05, 0) is 54.4 Å². The molecular formula is C24H31N5O. The van der Waals surface area contributed by atoms with Gasteiger partial charge in [-0.3, -0.25) is 4.98 Å². The van der Waals surface area contributed by atoms with E-state index in [1.165, 1.54) is 24.8 Å². The molecule has 1 aliphatic rings. The second-order valence-electron chi connectivity index (χ2n) is 9.36. The number of hydrogen-bond acceptors (Lipinski definition) is 6. The lowest BCUT2D eigenvalue weighted by Gasteiger charge is -2.30. The SMILES string of the molecule is CC(C)(C)Cc1nc(C(Cc2cccnc2N2CCCCC2)c2cccnc2)no1. The van der Waals surface area contributed by atoms with Crippen LogP contribution in [0.25, 0.3) is 0 Å².